The number of thiophene rings is 1. The summed E-state index contributed by atoms with van der Waals surface area (Å²) in [7, 11) is -3.46. The average Bonchev–Trinajstić information content (AvgIpc) is 2.99. The molecule has 0 aliphatic carbocycles. The van der Waals surface area contributed by atoms with Gasteiger partial charge in [0.2, 0.25) is 15.9 Å². The zero-order chi connectivity index (χ0) is 15.3. The molecule has 3 N–H and O–H groups in total. The minimum absolute atomic E-state index is 0.151. The number of ether oxygens (including phenoxy) is 1. The largest absolute Gasteiger partial charge is 0.492 e. The van der Waals surface area contributed by atoms with Gasteiger partial charge in [-0.3, -0.25) is 4.79 Å². The van der Waals surface area contributed by atoms with Crippen LogP contribution >= 0.6 is 11.3 Å². The van der Waals surface area contributed by atoms with E-state index in [1.807, 2.05) is 0 Å². The van der Waals surface area contributed by atoms with Gasteiger partial charge in [0.25, 0.3) is 0 Å². The zero-order valence-electron chi connectivity index (χ0n) is 11.0. The number of primary amides is 1. The van der Waals surface area contributed by atoms with Crippen molar-refractivity contribution < 1.29 is 17.9 Å². The Labute approximate surface area is 126 Å². The SMILES string of the molecule is NC(=O)c1ccc(OCCNS(=O)(=O)c2cccs2)cc1. The fourth-order valence-corrected chi connectivity index (χ4v) is 3.60. The van der Waals surface area contributed by atoms with Crippen molar-refractivity contribution in [3.63, 3.8) is 0 Å². The molecule has 0 bridgehead atoms. The summed E-state index contributed by atoms with van der Waals surface area (Å²) in [5.41, 5.74) is 5.51. The molecule has 0 saturated heterocycles. The molecule has 6 nitrogen and oxygen atoms in total. The number of sulfonamides is 1. The lowest BCUT2D eigenvalue weighted by Crippen LogP contribution is -2.27. The van der Waals surface area contributed by atoms with Gasteiger partial charge in [-0.15, -0.1) is 11.3 Å². The number of hydrogen-bond acceptors (Lipinski definition) is 5. The Kier molecular flexibility index (Phi) is 4.94. The first-order chi connectivity index (χ1) is 9.99. The number of hydrogen-bond donors (Lipinski definition) is 2. The Morgan fingerprint density at radius 1 is 1.24 bits per heavy atom. The summed E-state index contributed by atoms with van der Waals surface area (Å²) in [5.74, 6) is 0.0283. The third kappa shape index (κ3) is 4.28. The molecule has 8 heteroatoms. The van der Waals surface area contributed by atoms with E-state index in [4.69, 9.17) is 10.5 Å². The topological polar surface area (TPSA) is 98.5 Å². The third-order valence-electron chi connectivity index (χ3n) is 2.56. The highest BCUT2D eigenvalue weighted by molar-refractivity contribution is 7.91. The summed E-state index contributed by atoms with van der Waals surface area (Å²) in [4.78, 5) is 10.9. The number of rotatable bonds is 7. The van der Waals surface area contributed by atoms with Crippen LogP contribution in [0.15, 0.2) is 46.0 Å². The van der Waals surface area contributed by atoms with Crippen LogP contribution < -0.4 is 15.2 Å². The first kappa shape index (κ1) is 15.5. The predicted octanol–water partition coefficient (Wildman–Crippen LogP) is 1.20. The monoisotopic (exact) mass is 326 g/mol. The number of benzene rings is 1. The highest BCUT2D eigenvalue weighted by Gasteiger charge is 2.13. The number of carbonyl (C=O) groups excluding carboxylic acids is 1. The van der Waals surface area contributed by atoms with Gasteiger partial charge in [-0.1, -0.05) is 6.07 Å². The van der Waals surface area contributed by atoms with Crippen LogP contribution in [0.5, 0.6) is 5.75 Å². The van der Waals surface area contributed by atoms with Crippen LogP contribution in [-0.2, 0) is 10.0 Å². The van der Waals surface area contributed by atoms with Gasteiger partial charge in [0.15, 0.2) is 0 Å². The second kappa shape index (κ2) is 6.70. The van der Waals surface area contributed by atoms with Crippen molar-refractivity contribution in [1.82, 2.24) is 4.72 Å². The van der Waals surface area contributed by atoms with Gasteiger partial charge in [0.05, 0.1) is 0 Å². The van der Waals surface area contributed by atoms with Crippen molar-refractivity contribution in [1.29, 1.82) is 0 Å². The third-order valence-corrected chi connectivity index (χ3v) is 5.42. The predicted molar refractivity (Wildman–Crippen MR) is 80.0 cm³/mol. The summed E-state index contributed by atoms with van der Waals surface area (Å²) in [5, 5.41) is 1.70. The van der Waals surface area contributed by atoms with Crippen LogP contribution in [0.4, 0.5) is 0 Å². The fraction of sp³-hybridized carbons (Fsp3) is 0.154. The molecule has 1 amide bonds. The maximum Gasteiger partial charge on any atom is 0.250 e. The first-order valence-corrected chi connectivity index (χ1v) is 8.41. The number of nitrogens with two attached hydrogens (primary N) is 1. The summed E-state index contributed by atoms with van der Waals surface area (Å²) in [6, 6.07) is 9.52. The molecule has 0 radical (unpaired) electrons. The normalized spacial score (nSPS) is 11.2. The van der Waals surface area contributed by atoms with E-state index in [0.29, 0.717) is 11.3 Å². The van der Waals surface area contributed by atoms with Gasteiger partial charge in [-0.2, -0.15) is 0 Å². The molecule has 1 aromatic carbocycles. The maximum atomic E-state index is 11.8. The van der Waals surface area contributed by atoms with E-state index < -0.39 is 15.9 Å². The molecular formula is C13H14N2O4S2. The van der Waals surface area contributed by atoms with Gasteiger partial charge in [-0.25, -0.2) is 13.1 Å². The van der Waals surface area contributed by atoms with Gasteiger partial charge < -0.3 is 10.5 Å². The molecule has 0 aliphatic rings. The number of nitrogens with one attached hydrogen (secondary N) is 1. The second-order valence-corrected chi connectivity index (χ2v) is 7.01. The summed E-state index contributed by atoms with van der Waals surface area (Å²) < 4.78 is 31.7. The lowest BCUT2D eigenvalue weighted by molar-refractivity contribution is 0.1000. The van der Waals surface area contributed by atoms with Crippen LogP contribution in [0.1, 0.15) is 10.4 Å². The van der Waals surface area contributed by atoms with Crippen molar-refractivity contribution >= 4 is 27.3 Å². The molecular weight excluding hydrogens is 312 g/mol. The van der Waals surface area contributed by atoms with Crippen molar-refractivity contribution in [2.24, 2.45) is 5.73 Å². The van der Waals surface area contributed by atoms with Crippen LogP contribution in [0.3, 0.4) is 0 Å². The Morgan fingerprint density at radius 3 is 2.52 bits per heavy atom. The minimum atomic E-state index is -3.46. The van der Waals surface area contributed by atoms with Crippen molar-refractivity contribution in [2.75, 3.05) is 13.2 Å². The maximum absolute atomic E-state index is 11.8. The molecule has 0 atom stereocenters. The van der Waals surface area contributed by atoms with E-state index in [1.54, 1.807) is 35.7 Å². The van der Waals surface area contributed by atoms with Gasteiger partial charge in [-0.05, 0) is 35.7 Å². The zero-order valence-corrected chi connectivity index (χ0v) is 12.6. The molecule has 21 heavy (non-hydrogen) atoms. The van der Waals surface area contributed by atoms with Crippen LogP contribution in [0.2, 0.25) is 0 Å². The smallest absolute Gasteiger partial charge is 0.250 e. The van der Waals surface area contributed by atoms with E-state index >= 15 is 0 Å². The molecule has 112 valence electrons. The highest BCUT2D eigenvalue weighted by atomic mass is 32.2. The van der Waals surface area contributed by atoms with Crippen molar-refractivity contribution in [2.45, 2.75) is 4.21 Å². The van der Waals surface area contributed by atoms with Crippen LogP contribution in [0.25, 0.3) is 0 Å². The van der Waals surface area contributed by atoms with Crippen LogP contribution in [-0.4, -0.2) is 27.5 Å². The molecule has 0 saturated carbocycles. The van der Waals surface area contributed by atoms with Gasteiger partial charge in [0, 0.05) is 12.1 Å². The number of amides is 1. The van der Waals surface area contributed by atoms with Crippen LogP contribution in [0, 0.1) is 0 Å². The lowest BCUT2D eigenvalue weighted by Gasteiger charge is -2.07. The summed E-state index contributed by atoms with van der Waals surface area (Å²) >= 11 is 1.15. The molecule has 1 heterocycles. The van der Waals surface area contributed by atoms with Gasteiger partial charge >= 0.3 is 0 Å². The van der Waals surface area contributed by atoms with E-state index in [-0.39, 0.29) is 17.4 Å². The van der Waals surface area contributed by atoms with Crippen molar-refractivity contribution in [3.05, 3.63) is 47.3 Å². The molecule has 0 unspecified atom stereocenters. The molecule has 0 fully saturated rings. The molecule has 0 spiro atoms. The molecule has 0 aliphatic heterocycles. The Balaban J connectivity index is 1.81. The van der Waals surface area contributed by atoms with E-state index in [2.05, 4.69) is 4.72 Å². The van der Waals surface area contributed by atoms with E-state index in [1.165, 1.54) is 6.07 Å². The Bertz CT molecular complexity index is 694. The summed E-state index contributed by atoms with van der Waals surface area (Å²) in [6.07, 6.45) is 0. The molecule has 1 aromatic heterocycles. The fourth-order valence-electron chi connectivity index (χ4n) is 1.55. The van der Waals surface area contributed by atoms with Gasteiger partial charge in [0.1, 0.15) is 16.6 Å². The second-order valence-electron chi connectivity index (χ2n) is 4.07. The Morgan fingerprint density at radius 2 is 1.95 bits per heavy atom. The summed E-state index contributed by atoms with van der Waals surface area (Å²) in [6.45, 7) is 0.332. The molecule has 2 aromatic rings. The average molecular weight is 326 g/mol. The first-order valence-electron chi connectivity index (χ1n) is 6.05. The van der Waals surface area contributed by atoms with E-state index in [0.717, 1.165) is 11.3 Å². The highest BCUT2D eigenvalue weighted by Crippen LogP contribution is 2.15. The number of carbonyl (C=O) groups is 1. The lowest BCUT2D eigenvalue weighted by atomic mass is 10.2. The minimum Gasteiger partial charge on any atom is -0.492 e. The standard InChI is InChI=1S/C13H14N2O4S2/c14-13(16)10-3-5-11(6-4-10)19-8-7-15-21(17,18)12-2-1-9-20-12/h1-6,9,15H,7-8H2,(H2,14,16). The van der Waals surface area contributed by atoms with Crippen molar-refractivity contribution in [3.8, 4) is 5.75 Å². The quantitative estimate of drug-likeness (QED) is 0.747. The molecule has 2 rings (SSSR count). The Hall–Kier alpha value is -1.90. The van der Waals surface area contributed by atoms with E-state index in [9.17, 15) is 13.2 Å².